The zero-order chi connectivity index (χ0) is 14.3. The molecule has 0 aromatic heterocycles. The van der Waals surface area contributed by atoms with Crippen LogP contribution in [0.5, 0.6) is 0 Å². The third kappa shape index (κ3) is 4.68. The van der Waals surface area contributed by atoms with Gasteiger partial charge in [-0.1, -0.05) is 64.0 Å². The number of ether oxygens (including phenoxy) is 1. The highest BCUT2D eigenvalue weighted by Gasteiger charge is 2.35. The van der Waals surface area contributed by atoms with Crippen LogP contribution in [0.25, 0.3) is 0 Å². The van der Waals surface area contributed by atoms with E-state index >= 15 is 0 Å². The van der Waals surface area contributed by atoms with Crippen LogP contribution in [-0.4, -0.2) is 5.60 Å². The first-order valence-corrected chi connectivity index (χ1v) is 8.81. The molecule has 1 fully saturated rings. The maximum atomic E-state index is 6.26. The zero-order valence-corrected chi connectivity index (χ0v) is 13.5. The van der Waals surface area contributed by atoms with E-state index in [2.05, 4.69) is 32.1 Å². The van der Waals surface area contributed by atoms with Gasteiger partial charge in [0.25, 0.3) is 0 Å². The summed E-state index contributed by atoms with van der Waals surface area (Å²) in [5.74, 6) is 1.81. The third-order valence-corrected chi connectivity index (χ3v) is 4.88. The van der Waals surface area contributed by atoms with Gasteiger partial charge in [-0.2, -0.15) is 0 Å². The minimum absolute atomic E-state index is 0.108. The molecule has 0 bridgehead atoms. The number of hydrogen-bond donors (Lipinski definition) is 0. The average Bonchev–Trinajstić information content (AvgIpc) is 2.89. The summed E-state index contributed by atoms with van der Waals surface area (Å²) in [5, 5.41) is 0. The Bertz CT molecular complexity index is 342. The van der Waals surface area contributed by atoms with Crippen LogP contribution in [0.4, 0.5) is 0 Å². The van der Waals surface area contributed by atoms with Crippen molar-refractivity contribution in [3.05, 3.63) is 24.0 Å². The molecule has 114 valence electrons. The fourth-order valence-electron chi connectivity index (χ4n) is 3.46. The van der Waals surface area contributed by atoms with E-state index < -0.39 is 0 Å². The van der Waals surface area contributed by atoms with Gasteiger partial charge in [-0.15, -0.1) is 0 Å². The van der Waals surface area contributed by atoms with E-state index in [1.54, 1.807) is 0 Å². The standard InChI is InChI=1S/C19H32O/c1-3-4-5-6-7-8-9-10-15-19(2)16-14-17-12-11-13-18(17)20-19/h11-13,17H,3-10,14-16H2,1-2H3. The summed E-state index contributed by atoms with van der Waals surface area (Å²) in [4.78, 5) is 0. The Hall–Kier alpha value is -0.720. The Labute approximate surface area is 125 Å². The van der Waals surface area contributed by atoms with Crippen molar-refractivity contribution in [2.75, 3.05) is 0 Å². The molecule has 1 heteroatoms. The summed E-state index contributed by atoms with van der Waals surface area (Å²) < 4.78 is 6.26. The molecule has 0 N–H and O–H groups in total. The first-order valence-electron chi connectivity index (χ1n) is 8.81. The van der Waals surface area contributed by atoms with Crippen LogP contribution in [0.3, 0.4) is 0 Å². The molecule has 20 heavy (non-hydrogen) atoms. The van der Waals surface area contributed by atoms with E-state index in [0.29, 0.717) is 5.92 Å². The van der Waals surface area contributed by atoms with Gasteiger partial charge in [-0.3, -0.25) is 0 Å². The van der Waals surface area contributed by atoms with Crippen molar-refractivity contribution in [3.63, 3.8) is 0 Å². The molecule has 2 unspecified atom stereocenters. The largest absolute Gasteiger partial charge is 0.491 e. The summed E-state index contributed by atoms with van der Waals surface area (Å²) >= 11 is 0. The molecule has 0 aromatic rings. The van der Waals surface area contributed by atoms with Gasteiger partial charge in [0.15, 0.2) is 0 Å². The Morgan fingerprint density at radius 3 is 2.55 bits per heavy atom. The van der Waals surface area contributed by atoms with E-state index in [1.807, 2.05) is 0 Å². The molecule has 1 nitrogen and oxygen atoms in total. The third-order valence-electron chi connectivity index (χ3n) is 4.88. The molecule has 2 atom stereocenters. The van der Waals surface area contributed by atoms with Crippen molar-refractivity contribution in [1.82, 2.24) is 0 Å². The maximum Gasteiger partial charge on any atom is 0.106 e. The van der Waals surface area contributed by atoms with Crippen LogP contribution in [-0.2, 0) is 4.74 Å². The Morgan fingerprint density at radius 2 is 1.80 bits per heavy atom. The lowest BCUT2D eigenvalue weighted by Gasteiger charge is -2.38. The molecule has 0 spiro atoms. The molecular formula is C19H32O. The molecule has 1 heterocycles. The quantitative estimate of drug-likeness (QED) is 0.458. The molecule has 2 rings (SSSR count). The lowest BCUT2D eigenvalue weighted by molar-refractivity contribution is -0.0365. The van der Waals surface area contributed by atoms with Gasteiger partial charge in [0.1, 0.15) is 11.4 Å². The highest BCUT2D eigenvalue weighted by molar-refractivity contribution is 5.25. The summed E-state index contributed by atoms with van der Waals surface area (Å²) in [6, 6.07) is 0. The van der Waals surface area contributed by atoms with Crippen molar-refractivity contribution >= 4 is 0 Å². The van der Waals surface area contributed by atoms with E-state index in [0.717, 1.165) is 0 Å². The minimum atomic E-state index is 0.108. The van der Waals surface area contributed by atoms with E-state index in [-0.39, 0.29) is 5.60 Å². The fourth-order valence-corrected chi connectivity index (χ4v) is 3.46. The Balaban J connectivity index is 1.55. The lowest BCUT2D eigenvalue weighted by atomic mass is 9.85. The lowest BCUT2D eigenvalue weighted by Crippen LogP contribution is -2.34. The number of rotatable bonds is 9. The summed E-state index contributed by atoms with van der Waals surface area (Å²) in [6.07, 6.45) is 21.5. The highest BCUT2D eigenvalue weighted by atomic mass is 16.5. The fraction of sp³-hybridized carbons (Fsp3) is 0.789. The predicted molar refractivity (Wildman–Crippen MR) is 86.7 cm³/mol. The van der Waals surface area contributed by atoms with Crippen molar-refractivity contribution in [1.29, 1.82) is 0 Å². The predicted octanol–water partition coefficient (Wildman–Crippen LogP) is 6.16. The Morgan fingerprint density at radius 1 is 1.10 bits per heavy atom. The van der Waals surface area contributed by atoms with Crippen molar-refractivity contribution in [2.24, 2.45) is 5.92 Å². The first-order chi connectivity index (χ1) is 9.73. The van der Waals surface area contributed by atoms with Crippen molar-refractivity contribution in [2.45, 2.75) is 90.1 Å². The van der Waals surface area contributed by atoms with Crippen LogP contribution in [0.1, 0.15) is 84.5 Å². The average molecular weight is 276 g/mol. The van der Waals surface area contributed by atoms with Crippen molar-refractivity contribution in [3.8, 4) is 0 Å². The van der Waals surface area contributed by atoms with Crippen LogP contribution in [0.2, 0.25) is 0 Å². The van der Waals surface area contributed by atoms with Gasteiger partial charge < -0.3 is 4.74 Å². The molecule has 0 aromatic carbocycles. The van der Waals surface area contributed by atoms with Gasteiger partial charge in [0, 0.05) is 5.92 Å². The summed E-state index contributed by atoms with van der Waals surface area (Å²) in [7, 11) is 0. The molecule has 1 aliphatic carbocycles. The molecule has 1 saturated heterocycles. The zero-order valence-electron chi connectivity index (χ0n) is 13.5. The van der Waals surface area contributed by atoms with Crippen LogP contribution in [0.15, 0.2) is 24.0 Å². The molecule has 1 aliphatic heterocycles. The highest BCUT2D eigenvalue weighted by Crippen LogP contribution is 2.40. The number of fused-ring (bicyclic) bond motifs is 1. The Kier molecular flexibility index (Phi) is 6.19. The molecule has 0 amide bonds. The second-order valence-electron chi connectivity index (χ2n) is 6.88. The van der Waals surface area contributed by atoms with Crippen LogP contribution in [0, 0.1) is 5.92 Å². The topological polar surface area (TPSA) is 9.23 Å². The number of hydrogen-bond acceptors (Lipinski definition) is 1. The van der Waals surface area contributed by atoms with Crippen molar-refractivity contribution < 1.29 is 4.74 Å². The van der Waals surface area contributed by atoms with Gasteiger partial charge in [-0.05, 0) is 38.7 Å². The number of unbranched alkanes of at least 4 members (excludes halogenated alkanes) is 7. The van der Waals surface area contributed by atoms with Crippen LogP contribution < -0.4 is 0 Å². The second-order valence-corrected chi connectivity index (χ2v) is 6.88. The van der Waals surface area contributed by atoms with E-state index in [1.165, 1.54) is 76.4 Å². The smallest absolute Gasteiger partial charge is 0.106 e. The molecule has 0 radical (unpaired) electrons. The number of allylic oxidation sites excluding steroid dienone is 3. The van der Waals surface area contributed by atoms with E-state index in [4.69, 9.17) is 4.74 Å². The summed E-state index contributed by atoms with van der Waals surface area (Å²) in [5.41, 5.74) is 0.108. The van der Waals surface area contributed by atoms with Gasteiger partial charge in [0.2, 0.25) is 0 Å². The normalized spacial score (nSPS) is 28.1. The van der Waals surface area contributed by atoms with Crippen LogP contribution >= 0.6 is 0 Å². The minimum Gasteiger partial charge on any atom is -0.491 e. The first kappa shape index (κ1) is 15.7. The van der Waals surface area contributed by atoms with Gasteiger partial charge >= 0.3 is 0 Å². The van der Waals surface area contributed by atoms with Gasteiger partial charge in [0.05, 0.1) is 0 Å². The SMILES string of the molecule is CCCCCCCCCCC1(C)CCC2C=CC=C2O1. The van der Waals surface area contributed by atoms with E-state index in [9.17, 15) is 0 Å². The maximum absolute atomic E-state index is 6.26. The summed E-state index contributed by atoms with van der Waals surface area (Å²) in [6.45, 7) is 4.59. The second kappa shape index (κ2) is 7.90. The monoisotopic (exact) mass is 276 g/mol. The van der Waals surface area contributed by atoms with Gasteiger partial charge in [-0.25, -0.2) is 0 Å². The molecule has 0 saturated carbocycles. The molecular weight excluding hydrogens is 244 g/mol. The molecule has 2 aliphatic rings.